The fourth-order valence-electron chi connectivity index (χ4n) is 4.45. The predicted molar refractivity (Wildman–Crippen MR) is 144 cm³/mol. The number of fused-ring (bicyclic) bond motifs is 1. The van der Waals surface area contributed by atoms with Gasteiger partial charge in [-0.15, -0.1) is 0 Å². The van der Waals surface area contributed by atoms with Crippen LogP contribution in [0.15, 0.2) is 46.0 Å². The second-order valence-electron chi connectivity index (χ2n) is 9.02. The highest BCUT2D eigenvalue weighted by atomic mass is 16.5. The molecule has 0 radical (unpaired) electrons. The highest BCUT2D eigenvalue weighted by Crippen LogP contribution is 2.30. The van der Waals surface area contributed by atoms with Crippen molar-refractivity contribution in [2.24, 2.45) is 0 Å². The monoisotopic (exact) mass is 540 g/mol. The highest BCUT2D eigenvalue weighted by Gasteiger charge is 2.20. The van der Waals surface area contributed by atoms with E-state index in [-0.39, 0.29) is 48.2 Å². The molecule has 1 saturated heterocycles. The van der Waals surface area contributed by atoms with Gasteiger partial charge in [0.25, 0.3) is 5.56 Å². The van der Waals surface area contributed by atoms with Crippen molar-refractivity contribution in [3.05, 3.63) is 57.2 Å². The number of nitrogens with one attached hydrogen (secondary N) is 2. The molecular weight excluding hydrogens is 508 g/mol. The van der Waals surface area contributed by atoms with E-state index in [1.807, 2.05) is 0 Å². The molecule has 3 aromatic rings. The Hall–Kier alpha value is -4.32. The van der Waals surface area contributed by atoms with Gasteiger partial charge in [-0.2, -0.15) is 0 Å². The number of carbonyl (C=O) groups is 2. The minimum Gasteiger partial charge on any atom is -0.497 e. The molecule has 2 aromatic carbocycles. The van der Waals surface area contributed by atoms with E-state index in [0.717, 1.165) is 17.4 Å². The van der Waals surface area contributed by atoms with Crippen molar-refractivity contribution in [3.63, 3.8) is 0 Å². The van der Waals surface area contributed by atoms with E-state index in [1.165, 1.54) is 38.0 Å². The molecule has 0 bridgehead atoms. The van der Waals surface area contributed by atoms with Crippen LogP contribution in [0.5, 0.6) is 17.2 Å². The fourth-order valence-corrected chi connectivity index (χ4v) is 4.45. The molecule has 0 aliphatic carbocycles. The Morgan fingerprint density at radius 3 is 2.33 bits per heavy atom. The lowest BCUT2D eigenvalue weighted by atomic mass is 10.2. The number of hydrogen-bond donors (Lipinski definition) is 2. The summed E-state index contributed by atoms with van der Waals surface area (Å²) in [6, 6.07) is 9.66. The maximum Gasteiger partial charge on any atom is 0.331 e. The number of nitrogens with zero attached hydrogens (tertiary/aromatic N) is 2. The van der Waals surface area contributed by atoms with Gasteiger partial charge in [-0.05, 0) is 43.2 Å². The molecule has 1 aromatic heterocycles. The number of amides is 2. The molecule has 208 valence electrons. The molecular formula is C27H32N4O8. The minimum atomic E-state index is -0.725. The Kier molecular flexibility index (Phi) is 8.87. The zero-order valence-corrected chi connectivity index (χ0v) is 22.2. The molecule has 0 unspecified atom stereocenters. The first-order valence-corrected chi connectivity index (χ1v) is 12.6. The van der Waals surface area contributed by atoms with Crippen LogP contribution < -0.4 is 36.1 Å². The summed E-state index contributed by atoms with van der Waals surface area (Å²) < 4.78 is 23.5. The second-order valence-corrected chi connectivity index (χ2v) is 9.02. The molecule has 39 heavy (non-hydrogen) atoms. The summed E-state index contributed by atoms with van der Waals surface area (Å²) >= 11 is 0. The molecule has 2 N–H and O–H groups in total. The Morgan fingerprint density at radius 2 is 1.69 bits per heavy atom. The Bertz CT molecular complexity index is 1460. The number of carbonyl (C=O) groups excluding carboxylic acids is 2. The van der Waals surface area contributed by atoms with Crippen LogP contribution in [0.3, 0.4) is 0 Å². The lowest BCUT2D eigenvalue weighted by Gasteiger charge is -2.16. The van der Waals surface area contributed by atoms with Crippen molar-refractivity contribution in [1.29, 1.82) is 0 Å². The van der Waals surface area contributed by atoms with Crippen LogP contribution >= 0.6 is 0 Å². The third-order valence-electron chi connectivity index (χ3n) is 6.52. The van der Waals surface area contributed by atoms with Crippen LogP contribution in [0.2, 0.25) is 0 Å². The quantitative estimate of drug-likeness (QED) is 0.373. The van der Waals surface area contributed by atoms with Gasteiger partial charge in [0.05, 0.1) is 38.3 Å². The van der Waals surface area contributed by atoms with E-state index in [9.17, 15) is 19.2 Å². The molecule has 12 nitrogen and oxygen atoms in total. The number of rotatable bonds is 11. The summed E-state index contributed by atoms with van der Waals surface area (Å²) in [5, 5.41) is 5.67. The maximum absolute atomic E-state index is 13.5. The second kappa shape index (κ2) is 12.5. The number of methoxy groups -OCH3 is 3. The summed E-state index contributed by atoms with van der Waals surface area (Å²) in [6.45, 7) is 0.493. The maximum atomic E-state index is 13.5. The number of hydrogen-bond acceptors (Lipinski definition) is 8. The fraction of sp³-hybridized carbons (Fsp3) is 0.407. The molecule has 12 heteroatoms. The predicted octanol–water partition coefficient (Wildman–Crippen LogP) is 1.51. The first-order chi connectivity index (χ1) is 18.8. The van der Waals surface area contributed by atoms with Gasteiger partial charge in [-0.3, -0.25) is 23.5 Å². The Labute approximate surface area is 224 Å². The first-order valence-electron chi connectivity index (χ1n) is 12.6. The van der Waals surface area contributed by atoms with Gasteiger partial charge in [0.15, 0.2) is 11.5 Å². The van der Waals surface area contributed by atoms with Crippen molar-refractivity contribution in [2.75, 3.05) is 39.8 Å². The van der Waals surface area contributed by atoms with Crippen LogP contribution in [0.1, 0.15) is 19.3 Å². The van der Waals surface area contributed by atoms with Crippen LogP contribution in [0, 0.1) is 0 Å². The summed E-state index contributed by atoms with van der Waals surface area (Å²) in [6.07, 6.45) is 1.70. The van der Waals surface area contributed by atoms with Crippen LogP contribution in [0.4, 0.5) is 5.69 Å². The van der Waals surface area contributed by atoms with E-state index in [2.05, 4.69) is 10.6 Å². The van der Waals surface area contributed by atoms with Gasteiger partial charge in [0.2, 0.25) is 11.8 Å². The third-order valence-corrected chi connectivity index (χ3v) is 6.52. The van der Waals surface area contributed by atoms with Crippen molar-refractivity contribution in [2.45, 2.75) is 38.5 Å². The lowest BCUT2D eigenvalue weighted by molar-refractivity contribution is -0.122. The van der Waals surface area contributed by atoms with Crippen LogP contribution in [-0.2, 0) is 27.4 Å². The molecule has 1 aliphatic rings. The van der Waals surface area contributed by atoms with E-state index in [0.29, 0.717) is 30.3 Å². The molecule has 1 aliphatic heterocycles. The zero-order chi connectivity index (χ0) is 27.9. The third kappa shape index (κ3) is 6.40. The molecule has 1 fully saturated rings. The molecule has 4 rings (SSSR count). The van der Waals surface area contributed by atoms with Crippen LogP contribution in [-0.4, -0.2) is 61.5 Å². The Morgan fingerprint density at radius 1 is 0.974 bits per heavy atom. The zero-order valence-electron chi connectivity index (χ0n) is 22.2. The first kappa shape index (κ1) is 27.7. The van der Waals surface area contributed by atoms with Gasteiger partial charge in [0, 0.05) is 37.9 Å². The highest BCUT2D eigenvalue weighted by molar-refractivity contribution is 5.92. The van der Waals surface area contributed by atoms with Crippen molar-refractivity contribution in [1.82, 2.24) is 14.5 Å². The number of benzene rings is 2. The average molecular weight is 541 g/mol. The normalized spacial score (nSPS) is 14.7. The smallest absolute Gasteiger partial charge is 0.331 e. The molecule has 0 saturated carbocycles. The van der Waals surface area contributed by atoms with Crippen LogP contribution in [0.25, 0.3) is 10.9 Å². The van der Waals surface area contributed by atoms with Gasteiger partial charge in [0.1, 0.15) is 12.3 Å². The van der Waals surface area contributed by atoms with Gasteiger partial charge < -0.3 is 29.6 Å². The molecule has 2 amide bonds. The van der Waals surface area contributed by atoms with Gasteiger partial charge in [-0.25, -0.2) is 4.79 Å². The number of ether oxygens (including phenoxy) is 4. The topological polar surface area (TPSA) is 139 Å². The van der Waals surface area contributed by atoms with Gasteiger partial charge >= 0.3 is 5.69 Å². The molecule has 0 spiro atoms. The standard InChI is InChI=1S/C27H32N4O8/c1-36-18-8-6-17(7-9-18)29-25(33)16-31-21-14-23(38-3)22(37-2)13-20(21)26(34)30(27(31)35)11-10-24(32)28-15-19-5-4-12-39-19/h6-9,13-14,19H,4-5,10-12,15-16H2,1-3H3,(H,28,32)(H,29,33)/t19-/m1/s1. The summed E-state index contributed by atoms with van der Waals surface area (Å²) in [5.41, 5.74) is -0.619. The minimum absolute atomic E-state index is 0.0266. The number of anilines is 1. The SMILES string of the molecule is COc1ccc(NC(=O)Cn2c(=O)n(CCC(=O)NC[C@H]3CCCO3)c(=O)c3cc(OC)c(OC)cc32)cc1. The van der Waals surface area contributed by atoms with E-state index in [1.54, 1.807) is 24.3 Å². The summed E-state index contributed by atoms with van der Waals surface area (Å²) in [5.74, 6) is 0.407. The van der Waals surface area contributed by atoms with E-state index < -0.39 is 17.2 Å². The van der Waals surface area contributed by atoms with Gasteiger partial charge in [-0.1, -0.05) is 0 Å². The number of aromatic nitrogens is 2. The van der Waals surface area contributed by atoms with Crippen molar-refractivity contribution in [3.8, 4) is 17.2 Å². The largest absolute Gasteiger partial charge is 0.497 e. The van der Waals surface area contributed by atoms with Crippen molar-refractivity contribution >= 4 is 28.4 Å². The van der Waals surface area contributed by atoms with E-state index >= 15 is 0 Å². The average Bonchev–Trinajstić information content (AvgIpc) is 3.47. The van der Waals surface area contributed by atoms with E-state index in [4.69, 9.17) is 18.9 Å². The van der Waals surface area contributed by atoms with Crippen molar-refractivity contribution < 1.29 is 28.5 Å². The summed E-state index contributed by atoms with van der Waals surface area (Å²) in [4.78, 5) is 52.3. The Balaban J connectivity index is 1.64. The summed E-state index contributed by atoms with van der Waals surface area (Å²) in [7, 11) is 4.40. The molecule has 2 heterocycles. The lowest BCUT2D eigenvalue weighted by Crippen LogP contribution is -2.43. The molecule has 1 atom stereocenters.